The fourth-order valence-corrected chi connectivity index (χ4v) is 2.82. The summed E-state index contributed by atoms with van der Waals surface area (Å²) in [4.78, 5) is 11.9. The molecule has 0 aliphatic carbocycles. The minimum Gasteiger partial charge on any atom is -0.455 e. The summed E-state index contributed by atoms with van der Waals surface area (Å²) in [6.07, 6.45) is 1.71. The molecule has 0 aliphatic rings. The van der Waals surface area contributed by atoms with E-state index in [0.717, 1.165) is 26.9 Å². The predicted octanol–water partition coefficient (Wildman–Crippen LogP) is 5.36. The quantitative estimate of drug-likeness (QED) is 0.436. The topological polar surface area (TPSA) is 54.6 Å². The number of carbonyl (C=O) groups excluding carboxylic acids is 1. The second-order valence-electron chi connectivity index (χ2n) is 5.76. The van der Waals surface area contributed by atoms with Crippen LogP contribution in [0.1, 0.15) is 16.9 Å². The molecule has 0 atom stereocenters. The number of hydrazone groups is 1. The van der Waals surface area contributed by atoms with Gasteiger partial charge in [0.1, 0.15) is 11.5 Å². The summed E-state index contributed by atoms with van der Waals surface area (Å²) in [7, 11) is 0. The zero-order chi connectivity index (χ0) is 18.5. The first-order valence-corrected chi connectivity index (χ1v) is 9.11. The van der Waals surface area contributed by atoms with Crippen LogP contribution in [0.2, 0.25) is 5.02 Å². The van der Waals surface area contributed by atoms with E-state index >= 15 is 0 Å². The summed E-state index contributed by atoms with van der Waals surface area (Å²) in [6, 6.07) is 16.8. The van der Waals surface area contributed by atoms with Crippen LogP contribution in [0.25, 0.3) is 11.3 Å². The van der Waals surface area contributed by atoms with Gasteiger partial charge in [-0.25, -0.2) is 5.43 Å². The van der Waals surface area contributed by atoms with Gasteiger partial charge in [-0.3, -0.25) is 4.79 Å². The Morgan fingerprint density at radius 3 is 2.69 bits per heavy atom. The smallest absolute Gasteiger partial charge is 0.244 e. The monoisotopic (exact) mass is 430 g/mol. The van der Waals surface area contributed by atoms with Crippen LogP contribution in [0, 0.1) is 6.92 Å². The van der Waals surface area contributed by atoms with Gasteiger partial charge >= 0.3 is 0 Å². The van der Waals surface area contributed by atoms with E-state index in [1.807, 2.05) is 43.3 Å². The van der Waals surface area contributed by atoms with Crippen molar-refractivity contribution in [1.29, 1.82) is 0 Å². The molecular formula is C20H16BrClN2O2. The van der Waals surface area contributed by atoms with Crippen molar-refractivity contribution in [2.45, 2.75) is 13.3 Å². The maximum Gasteiger partial charge on any atom is 0.244 e. The Bertz CT molecular complexity index is 949. The molecule has 0 aliphatic heterocycles. The van der Waals surface area contributed by atoms with Gasteiger partial charge in [-0.05, 0) is 48.4 Å². The van der Waals surface area contributed by atoms with Crippen molar-refractivity contribution in [3.8, 4) is 11.3 Å². The molecule has 1 amide bonds. The summed E-state index contributed by atoms with van der Waals surface area (Å²) in [5.74, 6) is 1.08. The van der Waals surface area contributed by atoms with Crippen LogP contribution < -0.4 is 5.43 Å². The number of aryl methyl sites for hydroxylation is 1. The number of nitrogens with one attached hydrogen (secondary N) is 1. The maximum absolute atomic E-state index is 11.9. The van der Waals surface area contributed by atoms with Crippen molar-refractivity contribution >= 4 is 39.7 Å². The number of halogens is 2. The van der Waals surface area contributed by atoms with Gasteiger partial charge in [-0.1, -0.05) is 51.8 Å². The van der Waals surface area contributed by atoms with Crippen molar-refractivity contribution in [3.63, 3.8) is 0 Å². The van der Waals surface area contributed by atoms with Crippen LogP contribution in [0.3, 0.4) is 0 Å². The molecule has 0 bridgehead atoms. The van der Waals surface area contributed by atoms with Crippen LogP contribution in [0.5, 0.6) is 0 Å². The molecule has 0 radical (unpaired) electrons. The average Bonchev–Trinajstić information content (AvgIpc) is 3.08. The van der Waals surface area contributed by atoms with Crippen LogP contribution in [0.15, 0.2) is 68.6 Å². The lowest BCUT2D eigenvalue weighted by Gasteiger charge is -2.01. The lowest BCUT2D eigenvalue weighted by Crippen LogP contribution is -2.19. The minimum atomic E-state index is -0.210. The molecule has 0 unspecified atom stereocenters. The molecule has 0 spiro atoms. The van der Waals surface area contributed by atoms with Gasteiger partial charge < -0.3 is 4.42 Å². The largest absolute Gasteiger partial charge is 0.455 e. The first kappa shape index (κ1) is 18.4. The molecule has 1 aromatic heterocycles. The lowest BCUT2D eigenvalue weighted by atomic mass is 10.1. The number of rotatable bonds is 5. The van der Waals surface area contributed by atoms with Crippen molar-refractivity contribution in [1.82, 2.24) is 5.43 Å². The van der Waals surface area contributed by atoms with Gasteiger partial charge in [0.05, 0.1) is 12.6 Å². The molecule has 1 N–H and O–H groups in total. The Hall–Kier alpha value is -2.37. The zero-order valence-electron chi connectivity index (χ0n) is 14.0. The second kappa shape index (κ2) is 8.34. The summed E-state index contributed by atoms with van der Waals surface area (Å²) >= 11 is 9.34. The minimum absolute atomic E-state index is 0.210. The molecule has 2 aromatic carbocycles. The third-order valence-corrected chi connectivity index (χ3v) is 4.85. The third-order valence-electron chi connectivity index (χ3n) is 3.74. The van der Waals surface area contributed by atoms with E-state index in [0.29, 0.717) is 10.8 Å². The molecule has 1 heterocycles. The molecule has 3 rings (SSSR count). The van der Waals surface area contributed by atoms with Gasteiger partial charge in [-0.2, -0.15) is 5.10 Å². The highest BCUT2D eigenvalue weighted by Gasteiger charge is 2.06. The lowest BCUT2D eigenvalue weighted by molar-refractivity contribution is -0.120. The van der Waals surface area contributed by atoms with E-state index < -0.39 is 0 Å². The summed E-state index contributed by atoms with van der Waals surface area (Å²) < 4.78 is 6.77. The first-order valence-electron chi connectivity index (χ1n) is 7.94. The van der Waals surface area contributed by atoms with Crippen LogP contribution in [0.4, 0.5) is 0 Å². The first-order chi connectivity index (χ1) is 12.5. The normalized spacial score (nSPS) is 11.0. The van der Waals surface area contributed by atoms with E-state index in [-0.39, 0.29) is 12.3 Å². The highest BCUT2D eigenvalue weighted by atomic mass is 79.9. The fraction of sp³-hybridized carbons (Fsp3) is 0.100. The Morgan fingerprint density at radius 1 is 1.19 bits per heavy atom. The highest BCUT2D eigenvalue weighted by Crippen LogP contribution is 2.26. The van der Waals surface area contributed by atoms with E-state index in [2.05, 4.69) is 26.5 Å². The van der Waals surface area contributed by atoms with Gasteiger partial charge in [0, 0.05) is 15.1 Å². The summed E-state index contributed by atoms with van der Waals surface area (Å²) in [5.41, 5.74) is 5.48. The van der Waals surface area contributed by atoms with Gasteiger partial charge in [0.2, 0.25) is 5.91 Å². The standard InChI is InChI=1S/C20H16BrClN2O2/c1-13-2-5-15(11-18(13)21)19-9-8-17(26-19)12-23-24-20(25)10-14-3-6-16(22)7-4-14/h2-9,11-12H,10H2,1H3,(H,24,25)/b23-12-. The van der Waals surface area contributed by atoms with Crippen molar-refractivity contribution < 1.29 is 9.21 Å². The number of furan rings is 1. The number of amides is 1. The molecule has 4 nitrogen and oxygen atoms in total. The van der Waals surface area contributed by atoms with E-state index in [4.69, 9.17) is 16.0 Å². The number of hydrogen-bond acceptors (Lipinski definition) is 3. The van der Waals surface area contributed by atoms with E-state index in [1.165, 1.54) is 6.21 Å². The highest BCUT2D eigenvalue weighted by molar-refractivity contribution is 9.10. The molecule has 0 fully saturated rings. The predicted molar refractivity (Wildman–Crippen MR) is 107 cm³/mol. The second-order valence-corrected chi connectivity index (χ2v) is 7.05. The van der Waals surface area contributed by atoms with Crippen LogP contribution >= 0.6 is 27.5 Å². The van der Waals surface area contributed by atoms with Crippen molar-refractivity contribution in [2.75, 3.05) is 0 Å². The van der Waals surface area contributed by atoms with Crippen LogP contribution in [-0.2, 0) is 11.2 Å². The number of nitrogens with zero attached hydrogens (tertiary/aromatic N) is 1. The Labute approximate surface area is 165 Å². The maximum atomic E-state index is 11.9. The Kier molecular flexibility index (Phi) is 5.91. The van der Waals surface area contributed by atoms with E-state index in [9.17, 15) is 4.79 Å². The molecule has 0 saturated heterocycles. The summed E-state index contributed by atoms with van der Waals surface area (Å²) in [6.45, 7) is 2.03. The molecule has 0 saturated carbocycles. The summed E-state index contributed by atoms with van der Waals surface area (Å²) in [5, 5.41) is 4.58. The Morgan fingerprint density at radius 2 is 1.96 bits per heavy atom. The SMILES string of the molecule is Cc1ccc(-c2ccc(/C=N\NC(=O)Cc3ccc(Cl)cc3)o2)cc1Br. The molecule has 6 heteroatoms. The number of carbonyl (C=O) groups is 1. The van der Waals surface area contributed by atoms with Gasteiger partial charge in [-0.15, -0.1) is 0 Å². The zero-order valence-corrected chi connectivity index (χ0v) is 16.3. The average molecular weight is 432 g/mol. The molecule has 3 aromatic rings. The molecule has 26 heavy (non-hydrogen) atoms. The van der Waals surface area contributed by atoms with Crippen LogP contribution in [-0.4, -0.2) is 12.1 Å². The van der Waals surface area contributed by atoms with E-state index in [1.54, 1.807) is 18.2 Å². The number of hydrogen-bond donors (Lipinski definition) is 1. The molecular weight excluding hydrogens is 416 g/mol. The third kappa shape index (κ3) is 4.84. The van der Waals surface area contributed by atoms with Crippen molar-refractivity contribution in [3.05, 3.63) is 81.0 Å². The number of benzene rings is 2. The fourth-order valence-electron chi connectivity index (χ4n) is 2.32. The Balaban J connectivity index is 1.59. The van der Waals surface area contributed by atoms with Gasteiger partial charge in [0.15, 0.2) is 0 Å². The molecule has 132 valence electrons. The van der Waals surface area contributed by atoms with Gasteiger partial charge in [0.25, 0.3) is 0 Å². The van der Waals surface area contributed by atoms with Crippen molar-refractivity contribution in [2.24, 2.45) is 5.10 Å².